The van der Waals surface area contributed by atoms with Gasteiger partial charge in [0.25, 0.3) is 0 Å². The Kier molecular flexibility index (Phi) is 18.6. The molecule has 2 rings (SSSR count). The first-order chi connectivity index (χ1) is 24.8. The molecule has 11 heteroatoms. The van der Waals surface area contributed by atoms with Crippen molar-refractivity contribution in [2.75, 3.05) is 47.6 Å². The zero-order chi connectivity index (χ0) is 40.3. The molecule has 11 nitrogen and oxygen atoms in total. The standard InChI is InChI=1S/C42H72N4O7/c1-14-27(6)39(45(11)42(51)32(25(2)3)23-35(48)38(26(4)5)44(9)10)36(52-12)24-37(49)46-21-15-16-33(46)41(53-13)29(8)34(47)22-28(7)40(50)30-17-19-31(43)20-18-30/h17-20,25-29,32-33,36,38-41,50H,14-16,21-24,43H2,1-13H3/t27?,28-,29-,32-,33?,36+,38-,39-,40+,41+/m0/s1. The summed E-state index contributed by atoms with van der Waals surface area (Å²) in [6.07, 6.45) is 0.683. The summed E-state index contributed by atoms with van der Waals surface area (Å²) in [6, 6.07) is 6.03. The maximum absolute atomic E-state index is 14.3. The highest BCUT2D eigenvalue weighted by Gasteiger charge is 2.43. The van der Waals surface area contributed by atoms with Crippen molar-refractivity contribution in [3.8, 4) is 0 Å². The van der Waals surface area contributed by atoms with Gasteiger partial charge in [0.15, 0.2) is 5.78 Å². The number of hydrogen-bond acceptors (Lipinski definition) is 9. The molecular weight excluding hydrogens is 672 g/mol. The fourth-order valence-electron chi connectivity index (χ4n) is 8.44. The highest BCUT2D eigenvalue weighted by molar-refractivity contribution is 5.90. The molecule has 2 unspecified atom stereocenters. The molecule has 3 N–H and O–H groups in total. The fraction of sp³-hybridized carbons (Fsp3) is 0.762. The zero-order valence-corrected chi connectivity index (χ0v) is 35.0. The molecular formula is C42H72N4O7. The minimum atomic E-state index is -0.821. The summed E-state index contributed by atoms with van der Waals surface area (Å²) in [4.78, 5) is 61.1. The highest BCUT2D eigenvalue weighted by atomic mass is 16.5. The highest BCUT2D eigenvalue weighted by Crippen LogP contribution is 2.33. The monoisotopic (exact) mass is 745 g/mol. The molecule has 0 aromatic heterocycles. The number of carbonyl (C=O) groups excluding carboxylic acids is 4. The number of likely N-dealkylation sites (N-methyl/N-ethyl adjacent to an activating group) is 2. The van der Waals surface area contributed by atoms with Gasteiger partial charge in [-0.3, -0.25) is 24.1 Å². The largest absolute Gasteiger partial charge is 0.399 e. The Labute approximate surface area is 320 Å². The molecule has 0 aliphatic carbocycles. The molecule has 1 saturated heterocycles. The molecule has 1 fully saturated rings. The van der Waals surface area contributed by atoms with Crippen LogP contribution in [0.3, 0.4) is 0 Å². The molecule has 1 heterocycles. The maximum Gasteiger partial charge on any atom is 0.226 e. The van der Waals surface area contributed by atoms with E-state index in [0.29, 0.717) is 24.2 Å². The molecule has 0 spiro atoms. The molecule has 2 amide bonds. The van der Waals surface area contributed by atoms with Crippen LogP contribution >= 0.6 is 0 Å². The average Bonchev–Trinajstić information content (AvgIpc) is 3.59. The van der Waals surface area contributed by atoms with Gasteiger partial charge in [-0.25, -0.2) is 0 Å². The van der Waals surface area contributed by atoms with Crippen molar-refractivity contribution in [1.82, 2.24) is 14.7 Å². The van der Waals surface area contributed by atoms with Gasteiger partial charge in [-0.1, -0.05) is 73.9 Å². The van der Waals surface area contributed by atoms with Crippen LogP contribution in [-0.2, 0) is 28.7 Å². The number of aliphatic hydroxyl groups excluding tert-OH is 1. The number of aliphatic hydroxyl groups is 1. The van der Waals surface area contributed by atoms with E-state index < -0.39 is 36.2 Å². The van der Waals surface area contributed by atoms with Crippen molar-refractivity contribution in [3.63, 3.8) is 0 Å². The van der Waals surface area contributed by atoms with Crippen molar-refractivity contribution in [2.45, 2.75) is 130 Å². The number of nitrogens with two attached hydrogens (primary N) is 1. The minimum Gasteiger partial charge on any atom is -0.399 e. The van der Waals surface area contributed by atoms with E-state index in [9.17, 15) is 24.3 Å². The number of carbonyl (C=O) groups is 4. The van der Waals surface area contributed by atoms with Crippen molar-refractivity contribution in [2.24, 2.45) is 35.5 Å². The number of methoxy groups -OCH3 is 2. The topological polar surface area (TPSA) is 143 Å². The van der Waals surface area contributed by atoms with E-state index in [2.05, 4.69) is 13.8 Å². The molecule has 1 aliphatic rings. The Morgan fingerprint density at radius 2 is 1.47 bits per heavy atom. The second kappa shape index (κ2) is 21.3. The molecule has 1 aromatic rings. The summed E-state index contributed by atoms with van der Waals surface area (Å²) in [6.45, 7) is 16.4. The number of nitrogen functional groups attached to an aromatic ring is 1. The van der Waals surface area contributed by atoms with Crippen molar-refractivity contribution in [3.05, 3.63) is 29.8 Å². The molecule has 53 heavy (non-hydrogen) atoms. The number of likely N-dealkylation sites (tertiary alicyclic amines) is 1. The van der Waals surface area contributed by atoms with E-state index in [1.165, 1.54) is 0 Å². The minimum absolute atomic E-state index is 0.0136. The summed E-state index contributed by atoms with van der Waals surface area (Å²) in [5.74, 6) is -1.48. The Bertz CT molecular complexity index is 1310. The first-order valence-electron chi connectivity index (χ1n) is 19.7. The Morgan fingerprint density at radius 3 is 1.96 bits per heavy atom. The van der Waals surface area contributed by atoms with Gasteiger partial charge in [-0.15, -0.1) is 0 Å². The van der Waals surface area contributed by atoms with Gasteiger partial charge >= 0.3 is 0 Å². The Morgan fingerprint density at radius 1 is 0.868 bits per heavy atom. The number of nitrogens with zero attached hydrogens (tertiary/aromatic N) is 3. The van der Waals surface area contributed by atoms with E-state index in [0.717, 1.165) is 12.8 Å². The molecule has 1 aromatic carbocycles. The van der Waals surface area contributed by atoms with Crippen molar-refractivity contribution < 1.29 is 33.8 Å². The lowest BCUT2D eigenvalue weighted by molar-refractivity contribution is -0.149. The van der Waals surface area contributed by atoms with E-state index in [1.807, 2.05) is 65.4 Å². The third-order valence-electron chi connectivity index (χ3n) is 11.8. The van der Waals surface area contributed by atoms with Crippen LogP contribution in [0.1, 0.15) is 106 Å². The summed E-state index contributed by atoms with van der Waals surface area (Å²) < 4.78 is 12.0. The van der Waals surface area contributed by atoms with Gasteiger partial charge < -0.3 is 30.1 Å². The van der Waals surface area contributed by atoms with Crippen LogP contribution in [0.2, 0.25) is 0 Å². The number of hydrogen-bond donors (Lipinski definition) is 2. The van der Waals surface area contributed by atoms with E-state index >= 15 is 0 Å². The van der Waals surface area contributed by atoms with Crippen LogP contribution in [-0.4, -0.2) is 115 Å². The number of amides is 2. The predicted octanol–water partition coefficient (Wildman–Crippen LogP) is 5.64. The fourth-order valence-corrected chi connectivity index (χ4v) is 8.44. The summed E-state index contributed by atoms with van der Waals surface area (Å²) in [5, 5.41) is 10.9. The van der Waals surface area contributed by atoms with E-state index in [4.69, 9.17) is 15.2 Å². The van der Waals surface area contributed by atoms with Crippen LogP contribution in [0.15, 0.2) is 24.3 Å². The summed E-state index contributed by atoms with van der Waals surface area (Å²) >= 11 is 0. The third kappa shape index (κ3) is 12.1. The van der Waals surface area contributed by atoms with Crippen LogP contribution in [0, 0.1) is 35.5 Å². The molecule has 0 saturated carbocycles. The number of ketones is 2. The first-order valence-corrected chi connectivity index (χ1v) is 19.7. The lowest BCUT2D eigenvalue weighted by Gasteiger charge is -2.41. The molecule has 0 bridgehead atoms. The summed E-state index contributed by atoms with van der Waals surface area (Å²) in [7, 11) is 8.74. The second-order valence-corrected chi connectivity index (χ2v) is 16.5. The average molecular weight is 745 g/mol. The van der Waals surface area contributed by atoms with Crippen molar-refractivity contribution >= 4 is 29.1 Å². The third-order valence-corrected chi connectivity index (χ3v) is 11.8. The van der Waals surface area contributed by atoms with Gasteiger partial charge in [0.05, 0.1) is 42.9 Å². The van der Waals surface area contributed by atoms with Gasteiger partial charge in [0.1, 0.15) is 5.78 Å². The number of benzene rings is 1. The van der Waals surface area contributed by atoms with Gasteiger partial charge in [-0.2, -0.15) is 0 Å². The summed E-state index contributed by atoms with van der Waals surface area (Å²) in [5.41, 5.74) is 7.11. The normalized spacial score (nSPS) is 20.1. The predicted molar refractivity (Wildman–Crippen MR) is 211 cm³/mol. The quantitative estimate of drug-likeness (QED) is 0.144. The lowest BCUT2D eigenvalue weighted by Crippen LogP contribution is -2.54. The van der Waals surface area contributed by atoms with Gasteiger partial charge in [0.2, 0.25) is 11.8 Å². The second-order valence-electron chi connectivity index (χ2n) is 16.5. The Balaban J connectivity index is 2.25. The number of ether oxygens (including phenoxy) is 2. The number of Topliss-reactive ketones (excluding diaryl/α,β-unsaturated/α-hetero) is 2. The van der Waals surface area contributed by atoms with Crippen LogP contribution in [0.25, 0.3) is 0 Å². The van der Waals surface area contributed by atoms with Crippen LogP contribution in [0.5, 0.6) is 0 Å². The number of rotatable bonds is 22. The number of anilines is 1. The van der Waals surface area contributed by atoms with Crippen molar-refractivity contribution in [1.29, 1.82) is 0 Å². The van der Waals surface area contributed by atoms with Crippen LogP contribution < -0.4 is 5.73 Å². The lowest BCUT2D eigenvalue weighted by atomic mass is 9.83. The zero-order valence-electron chi connectivity index (χ0n) is 35.0. The van der Waals surface area contributed by atoms with E-state index in [-0.39, 0.29) is 78.4 Å². The molecule has 302 valence electrons. The molecule has 1 aliphatic heterocycles. The SMILES string of the molecule is CCC(C)[C@@H]([C@@H](CC(=O)N1CCCC1[C@H](OC)[C@@H](C)C(=O)C[C@H](C)[C@@H](O)c1ccc(N)cc1)OC)N(C)C(=O)[C@@H](CC(=O)[C@H](C(C)C)N(C)C)C(C)C. The molecule has 10 atom stereocenters. The van der Waals surface area contributed by atoms with Gasteiger partial charge in [-0.05, 0) is 68.3 Å². The van der Waals surface area contributed by atoms with Crippen LogP contribution in [0.4, 0.5) is 5.69 Å². The smallest absolute Gasteiger partial charge is 0.226 e. The Hall–Kier alpha value is -2.86. The first kappa shape index (κ1) is 46.3. The molecule has 0 radical (unpaired) electrons. The maximum atomic E-state index is 14.3. The van der Waals surface area contributed by atoms with E-state index in [1.54, 1.807) is 50.4 Å². The van der Waals surface area contributed by atoms with Gasteiger partial charge in [0, 0.05) is 58.2 Å².